The summed E-state index contributed by atoms with van der Waals surface area (Å²) in [6.07, 6.45) is 4.55. The van der Waals surface area contributed by atoms with Crippen molar-refractivity contribution in [1.29, 1.82) is 0 Å². The summed E-state index contributed by atoms with van der Waals surface area (Å²) < 4.78 is 6.89. The number of pyridine rings is 1. The van der Waals surface area contributed by atoms with E-state index >= 15 is 0 Å². The fourth-order valence-electron chi connectivity index (χ4n) is 3.13. The molecule has 1 aromatic carbocycles. The van der Waals surface area contributed by atoms with E-state index in [1.165, 1.54) is 16.3 Å². The van der Waals surface area contributed by atoms with Crippen LogP contribution in [0.4, 0.5) is 4.79 Å². The molecule has 182 valence electrons. The van der Waals surface area contributed by atoms with Crippen LogP contribution in [0.15, 0.2) is 66.1 Å². The average Bonchev–Trinajstić information content (AvgIpc) is 3.44. The predicted octanol–water partition coefficient (Wildman–Crippen LogP) is 4.03. The van der Waals surface area contributed by atoms with E-state index in [-0.39, 0.29) is 11.2 Å². The lowest BCUT2D eigenvalue weighted by molar-refractivity contribution is -0.159. The first kappa shape index (κ1) is 25.5. The van der Waals surface area contributed by atoms with Gasteiger partial charge in [0.2, 0.25) is 5.78 Å². The predicted molar refractivity (Wildman–Crippen MR) is 129 cm³/mol. The first-order chi connectivity index (χ1) is 16.5. The van der Waals surface area contributed by atoms with E-state index in [2.05, 4.69) is 10.3 Å². The number of allylic oxidation sites excluding steroid dienone is 1. The number of aromatic nitrogens is 2. The highest BCUT2D eigenvalue weighted by atomic mass is 32.2. The zero-order chi connectivity index (χ0) is 25.8. The number of fused-ring (bicyclic) bond motifs is 1. The maximum absolute atomic E-state index is 13.2. The molecule has 3 aromatic rings. The summed E-state index contributed by atoms with van der Waals surface area (Å²) in [5, 5.41) is 20.5. The highest BCUT2D eigenvalue weighted by Gasteiger charge is 2.28. The number of aliphatic carboxylic acids is 2. The fraction of sp³-hybridized carbons (Fsp3) is 0.208. The highest BCUT2D eigenvalue weighted by Crippen LogP contribution is 2.35. The zero-order valence-corrected chi connectivity index (χ0v) is 19.9. The molecule has 1 aliphatic heterocycles. The van der Waals surface area contributed by atoms with Crippen molar-refractivity contribution in [3.8, 4) is 0 Å². The zero-order valence-electron chi connectivity index (χ0n) is 19.1. The van der Waals surface area contributed by atoms with Gasteiger partial charge in [0.25, 0.3) is 0 Å². The Hall–Kier alpha value is -4.12. The summed E-state index contributed by atoms with van der Waals surface area (Å²) in [5.41, 5.74) is 1.96. The fourth-order valence-corrected chi connectivity index (χ4v) is 4.06. The molecule has 2 aromatic heterocycles. The van der Waals surface area contributed by atoms with Crippen LogP contribution in [0.5, 0.6) is 0 Å². The van der Waals surface area contributed by atoms with Crippen molar-refractivity contribution in [2.45, 2.75) is 31.7 Å². The maximum atomic E-state index is 13.2. The van der Waals surface area contributed by atoms with Gasteiger partial charge >= 0.3 is 18.0 Å². The summed E-state index contributed by atoms with van der Waals surface area (Å²) >= 11 is 1.52. The van der Waals surface area contributed by atoms with Gasteiger partial charge in [0.1, 0.15) is 11.0 Å². The van der Waals surface area contributed by atoms with Crippen molar-refractivity contribution in [2.75, 3.05) is 0 Å². The summed E-state index contributed by atoms with van der Waals surface area (Å²) in [5.74, 6) is -3.81. The maximum Gasteiger partial charge on any atom is 0.419 e. The number of carbonyl (C=O) groups excluding carboxylic acids is 2. The molecule has 4 rings (SSSR count). The van der Waals surface area contributed by atoms with Crippen LogP contribution >= 0.6 is 11.8 Å². The van der Waals surface area contributed by atoms with Crippen LogP contribution in [0.25, 0.3) is 10.9 Å². The number of benzene rings is 1. The molecule has 35 heavy (non-hydrogen) atoms. The minimum absolute atomic E-state index is 0.0677. The number of hydrogen-bond acceptors (Lipinski definition) is 8. The van der Waals surface area contributed by atoms with Gasteiger partial charge in [-0.2, -0.15) is 0 Å². The van der Waals surface area contributed by atoms with E-state index < -0.39 is 23.6 Å². The number of nitrogens with one attached hydrogen (secondary N) is 1. The van der Waals surface area contributed by atoms with E-state index in [0.717, 1.165) is 5.56 Å². The van der Waals surface area contributed by atoms with Crippen LogP contribution < -0.4 is 5.32 Å². The molecule has 3 N–H and O–H groups in total. The molecule has 3 heterocycles. The molecule has 0 aliphatic carbocycles. The lowest BCUT2D eigenvalue weighted by Crippen LogP contribution is -2.26. The molecule has 10 nitrogen and oxygen atoms in total. The first-order valence-corrected chi connectivity index (χ1v) is 11.3. The van der Waals surface area contributed by atoms with Gasteiger partial charge in [-0.25, -0.2) is 14.4 Å². The Bertz CT molecular complexity index is 1300. The standard InChI is InChI=1S/C22H21N3O3S.C2H2O4/c1-22(2,3)28-21(27)25-12-16(15-8-4-5-9-18(15)25)19(26)17-13-29-20(24-17)14-7-6-10-23-11-14;3-1(4)2(5)6/h4-13,20,24H,1-3H3;(H,3,4)(H,5,6). The highest BCUT2D eigenvalue weighted by molar-refractivity contribution is 8.02. The number of nitrogens with zero attached hydrogens (tertiary/aromatic N) is 2. The molecule has 0 saturated heterocycles. The molecule has 1 unspecified atom stereocenters. The normalized spacial score (nSPS) is 14.8. The third-order valence-electron chi connectivity index (χ3n) is 4.57. The largest absolute Gasteiger partial charge is 0.473 e. The van der Waals surface area contributed by atoms with Gasteiger partial charge in [0, 0.05) is 34.9 Å². The number of hydrogen-bond donors (Lipinski definition) is 3. The van der Waals surface area contributed by atoms with Gasteiger partial charge in [0.15, 0.2) is 0 Å². The minimum atomic E-state index is -1.82. The van der Waals surface area contributed by atoms with Crippen molar-refractivity contribution >= 4 is 46.5 Å². The van der Waals surface area contributed by atoms with Gasteiger partial charge in [-0.1, -0.05) is 24.3 Å². The van der Waals surface area contributed by atoms with Crippen LogP contribution in [0, 0.1) is 0 Å². The van der Waals surface area contributed by atoms with Crippen molar-refractivity contribution < 1.29 is 34.1 Å². The van der Waals surface area contributed by atoms with Gasteiger partial charge in [-0.3, -0.25) is 14.3 Å². The molecule has 0 bridgehead atoms. The van der Waals surface area contributed by atoms with Crippen LogP contribution in [0.1, 0.15) is 42.1 Å². The second-order valence-corrected chi connectivity index (χ2v) is 9.31. The summed E-state index contributed by atoms with van der Waals surface area (Å²) in [6.45, 7) is 5.43. The Morgan fingerprint density at radius 1 is 1.06 bits per heavy atom. The second kappa shape index (κ2) is 10.4. The molecule has 0 spiro atoms. The van der Waals surface area contributed by atoms with Crippen molar-refractivity contribution in [3.05, 3.63) is 77.2 Å². The number of thioether (sulfide) groups is 1. The van der Waals surface area contributed by atoms with Crippen molar-refractivity contribution in [2.24, 2.45) is 0 Å². The third-order valence-corrected chi connectivity index (χ3v) is 5.60. The van der Waals surface area contributed by atoms with Gasteiger partial charge in [-0.15, -0.1) is 11.8 Å². The molecule has 1 aliphatic rings. The third kappa shape index (κ3) is 6.27. The number of para-hydroxylation sites is 1. The van der Waals surface area contributed by atoms with Crippen LogP contribution in [0.2, 0.25) is 0 Å². The van der Waals surface area contributed by atoms with E-state index in [0.29, 0.717) is 22.2 Å². The Kier molecular flexibility index (Phi) is 7.60. The Morgan fingerprint density at radius 3 is 2.34 bits per heavy atom. The van der Waals surface area contributed by atoms with E-state index in [4.69, 9.17) is 24.5 Å². The van der Waals surface area contributed by atoms with Crippen molar-refractivity contribution in [3.63, 3.8) is 0 Å². The summed E-state index contributed by atoms with van der Waals surface area (Å²) in [4.78, 5) is 48.2. The number of carbonyl (C=O) groups is 4. The van der Waals surface area contributed by atoms with E-state index in [9.17, 15) is 9.59 Å². The monoisotopic (exact) mass is 497 g/mol. The molecule has 0 fully saturated rings. The topological polar surface area (TPSA) is 148 Å². The van der Waals surface area contributed by atoms with E-state index in [1.54, 1.807) is 24.7 Å². The number of ketones is 1. The average molecular weight is 498 g/mol. The number of carboxylic acid groups (broad SMARTS) is 2. The van der Waals surface area contributed by atoms with Crippen LogP contribution in [-0.4, -0.2) is 49.2 Å². The quantitative estimate of drug-likeness (QED) is 0.358. The Morgan fingerprint density at radius 2 is 1.74 bits per heavy atom. The molecule has 11 heteroatoms. The molecule has 1 atom stereocenters. The first-order valence-electron chi connectivity index (χ1n) is 10.3. The lowest BCUT2D eigenvalue weighted by Gasteiger charge is -2.19. The van der Waals surface area contributed by atoms with Crippen LogP contribution in [0.3, 0.4) is 0 Å². The Balaban J connectivity index is 0.000000509. The molecule has 0 amide bonds. The number of carboxylic acids is 2. The number of rotatable bonds is 3. The Labute approximate surface area is 204 Å². The molecular weight excluding hydrogens is 474 g/mol. The van der Waals surface area contributed by atoms with Crippen LogP contribution in [-0.2, 0) is 14.3 Å². The smallest absolute Gasteiger partial charge is 0.419 e. The number of Topliss-reactive ketones (excluding diaryl/α,β-unsaturated/α-hetero) is 1. The number of ether oxygens (including phenoxy) is 1. The van der Waals surface area contributed by atoms with Crippen molar-refractivity contribution in [1.82, 2.24) is 14.9 Å². The summed E-state index contributed by atoms with van der Waals surface area (Å²) in [6, 6.07) is 11.2. The lowest BCUT2D eigenvalue weighted by atomic mass is 10.1. The van der Waals surface area contributed by atoms with Gasteiger partial charge in [-0.05, 0) is 32.9 Å². The molecule has 0 saturated carbocycles. The van der Waals surface area contributed by atoms with Gasteiger partial charge < -0.3 is 20.3 Å². The molecular formula is C24H23N3O7S. The second-order valence-electron chi connectivity index (χ2n) is 8.33. The minimum Gasteiger partial charge on any atom is -0.473 e. The molecule has 0 radical (unpaired) electrons. The summed E-state index contributed by atoms with van der Waals surface area (Å²) in [7, 11) is 0. The van der Waals surface area contributed by atoms with Gasteiger partial charge in [0.05, 0.1) is 16.8 Å². The van der Waals surface area contributed by atoms with E-state index in [1.807, 2.05) is 56.5 Å². The SMILES string of the molecule is CC(C)(C)OC(=O)n1cc(C(=O)C2=CSC(c3cccnc3)N2)c2ccccc21.O=C(O)C(=O)O.